The topological polar surface area (TPSA) is 45.4 Å². The van der Waals surface area contributed by atoms with Gasteiger partial charge in [0.05, 0.1) is 12.4 Å². The smallest absolute Gasteiger partial charge is 0.134 e. The highest BCUT2D eigenvalue weighted by molar-refractivity contribution is 5.77. The normalized spacial score (nSPS) is 15.0. The first kappa shape index (κ1) is 12.1. The molecule has 3 heteroatoms. The van der Waals surface area contributed by atoms with Gasteiger partial charge >= 0.3 is 0 Å². The summed E-state index contributed by atoms with van der Waals surface area (Å²) in [7, 11) is 1.88. The maximum Gasteiger partial charge on any atom is 0.134 e. The van der Waals surface area contributed by atoms with Gasteiger partial charge in [0.25, 0.3) is 0 Å². The van der Waals surface area contributed by atoms with E-state index < -0.39 is 6.10 Å². The average molecular weight is 233 g/mol. The van der Waals surface area contributed by atoms with Crippen molar-refractivity contribution in [2.75, 3.05) is 7.05 Å². The summed E-state index contributed by atoms with van der Waals surface area (Å²) in [5, 5.41) is 14.5. The highest BCUT2D eigenvalue weighted by Crippen LogP contribution is 2.24. The number of fused-ring (bicyclic) bond motifs is 1. The Hall–Kier alpha value is -1.32. The van der Waals surface area contributed by atoms with Crippen LogP contribution in [0.2, 0.25) is 0 Å². The predicted octanol–water partition coefficient (Wildman–Crippen LogP) is 2.85. The SMILES string of the molecule is CCCC(NC)C(O)c1ccc2ccoc2c1. The quantitative estimate of drug-likeness (QED) is 0.834. The summed E-state index contributed by atoms with van der Waals surface area (Å²) in [6, 6.07) is 7.87. The minimum absolute atomic E-state index is 0.0902. The van der Waals surface area contributed by atoms with Crippen LogP contribution >= 0.6 is 0 Å². The van der Waals surface area contributed by atoms with Gasteiger partial charge in [0.1, 0.15) is 5.58 Å². The van der Waals surface area contributed by atoms with Crippen molar-refractivity contribution in [2.45, 2.75) is 31.9 Å². The van der Waals surface area contributed by atoms with Crippen LogP contribution in [0.4, 0.5) is 0 Å². The van der Waals surface area contributed by atoms with E-state index in [1.807, 2.05) is 31.3 Å². The van der Waals surface area contributed by atoms with Gasteiger partial charge in [0, 0.05) is 11.4 Å². The highest BCUT2D eigenvalue weighted by atomic mass is 16.3. The van der Waals surface area contributed by atoms with E-state index in [1.165, 1.54) is 0 Å². The largest absolute Gasteiger partial charge is 0.464 e. The Bertz CT molecular complexity index is 478. The van der Waals surface area contributed by atoms with Gasteiger partial charge in [-0.3, -0.25) is 0 Å². The Morgan fingerprint density at radius 3 is 2.88 bits per heavy atom. The van der Waals surface area contributed by atoms with E-state index in [9.17, 15) is 5.11 Å². The van der Waals surface area contributed by atoms with Crippen LogP contribution in [0.3, 0.4) is 0 Å². The molecule has 0 aliphatic rings. The maximum absolute atomic E-state index is 10.3. The third-order valence-electron chi connectivity index (χ3n) is 3.17. The molecule has 0 radical (unpaired) electrons. The van der Waals surface area contributed by atoms with Crippen molar-refractivity contribution < 1.29 is 9.52 Å². The van der Waals surface area contributed by atoms with Crippen molar-refractivity contribution in [2.24, 2.45) is 0 Å². The van der Waals surface area contributed by atoms with Crippen molar-refractivity contribution in [3.05, 3.63) is 36.1 Å². The molecule has 0 saturated carbocycles. The molecular formula is C14H19NO2. The minimum Gasteiger partial charge on any atom is -0.464 e. The molecule has 2 aromatic rings. The first-order chi connectivity index (χ1) is 8.26. The molecule has 2 atom stereocenters. The van der Waals surface area contributed by atoms with Crippen LogP contribution in [-0.4, -0.2) is 18.2 Å². The number of furan rings is 1. The fourth-order valence-corrected chi connectivity index (χ4v) is 2.16. The zero-order chi connectivity index (χ0) is 12.3. The Morgan fingerprint density at radius 2 is 2.18 bits per heavy atom. The number of aliphatic hydroxyl groups is 1. The molecule has 0 saturated heterocycles. The lowest BCUT2D eigenvalue weighted by Crippen LogP contribution is -2.31. The number of benzene rings is 1. The molecule has 1 aromatic heterocycles. The van der Waals surface area contributed by atoms with Crippen molar-refractivity contribution in [1.29, 1.82) is 0 Å². The standard InChI is InChI=1S/C14H19NO2/c1-3-4-12(15-2)14(16)11-6-5-10-7-8-17-13(10)9-11/h5-9,12,14-16H,3-4H2,1-2H3. The lowest BCUT2D eigenvalue weighted by molar-refractivity contribution is 0.127. The van der Waals surface area contributed by atoms with Crippen LogP contribution in [0.5, 0.6) is 0 Å². The van der Waals surface area contributed by atoms with Crippen molar-refractivity contribution >= 4 is 11.0 Å². The second kappa shape index (κ2) is 5.34. The monoisotopic (exact) mass is 233 g/mol. The van der Waals surface area contributed by atoms with E-state index in [0.717, 1.165) is 29.4 Å². The van der Waals surface area contributed by atoms with Crippen LogP contribution in [0.1, 0.15) is 31.4 Å². The van der Waals surface area contributed by atoms with Crippen LogP contribution in [0, 0.1) is 0 Å². The summed E-state index contributed by atoms with van der Waals surface area (Å²) < 4.78 is 5.35. The third kappa shape index (κ3) is 2.51. The lowest BCUT2D eigenvalue weighted by atomic mass is 9.98. The van der Waals surface area contributed by atoms with Crippen LogP contribution in [0.25, 0.3) is 11.0 Å². The van der Waals surface area contributed by atoms with E-state index >= 15 is 0 Å². The second-order valence-corrected chi connectivity index (χ2v) is 4.35. The molecule has 2 rings (SSSR count). The van der Waals surface area contributed by atoms with Crippen molar-refractivity contribution in [3.8, 4) is 0 Å². The number of rotatable bonds is 5. The Morgan fingerprint density at radius 1 is 1.35 bits per heavy atom. The van der Waals surface area contributed by atoms with Gasteiger partial charge < -0.3 is 14.8 Å². The van der Waals surface area contributed by atoms with E-state index in [4.69, 9.17) is 4.42 Å². The maximum atomic E-state index is 10.3. The van der Waals surface area contributed by atoms with Gasteiger partial charge in [-0.15, -0.1) is 0 Å². The Kier molecular flexibility index (Phi) is 3.82. The number of hydrogen-bond acceptors (Lipinski definition) is 3. The van der Waals surface area contributed by atoms with E-state index in [2.05, 4.69) is 12.2 Å². The first-order valence-corrected chi connectivity index (χ1v) is 6.08. The fourth-order valence-electron chi connectivity index (χ4n) is 2.16. The molecule has 0 bridgehead atoms. The van der Waals surface area contributed by atoms with Crippen LogP contribution in [-0.2, 0) is 0 Å². The predicted molar refractivity (Wildman–Crippen MR) is 68.9 cm³/mol. The second-order valence-electron chi connectivity index (χ2n) is 4.35. The number of nitrogens with one attached hydrogen (secondary N) is 1. The summed E-state index contributed by atoms with van der Waals surface area (Å²) in [6.07, 6.45) is 3.18. The molecule has 3 nitrogen and oxygen atoms in total. The van der Waals surface area contributed by atoms with Gasteiger partial charge in [-0.25, -0.2) is 0 Å². The van der Waals surface area contributed by atoms with Crippen molar-refractivity contribution in [3.63, 3.8) is 0 Å². The van der Waals surface area contributed by atoms with Gasteiger partial charge in [-0.05, 0) is 31.2 Å². The molecule has 1 aromatic carbocycles. The van der Waals surface area contributed by atoms with Gasteiger partial charge in [-0.2, -0.15) is 0 Å². The summed E-state index contributed by atoms with van der Waals surface area (Å²) in [4.78, 5) is 0. The zero-order valence-electron chi connectivity index (χ0n) is 10.3. The van der Waals surface area contributed by atoms with Gasteiger partial charge in [0.2, 0.25) is 0 Å². The van der Waals surface area contributed by atoms with E-state index in [1.54, 1.807) is 6.26 Å². The van der Waals surface area contributed by atoms with Crippen LogP contribution in [0.15, 0.2) is 34.9 Å². The van der Waals surface area contributed by atoms with Crippen molar-refractivity contribution in [1.82, 2.24) is 5.32 Å². The minimum atomic E-state index is -0.491. The number of likely N-dealkylation sites (N-methyl/N-ethyl adjacent to an activating group) is 1. The van der Waals surface area contributed by atoms with E-state index in [-0.39, 0.29) is 6.04 Å². The van der Waals surface area contributed by atoms with Gasteiger partial charge in [-0.1, -0.05) is 25.5 Å². The third-order valence-corrected chi connectivity index (χ3v) is 3.17. The average Bonchev–Trinajstić information content (AvgIpc) is 2.82. The molecule has 17 heavy (non-hydrogen) atoms. The molecule has 0 fully saturated rings. The molecule has 2 N–H and O–H groups in total. The molecule has 2 unspecified atom stereocenters. The molecule has 0 amide bonds. The molecule has 92 valence electrons. The highest BCUT2D eigenvalue weighted by Gasteiger charge is 2.18. The Labute approximate surface area is 101 Å². The van der Waals surface area contributed by atoms with E-state index in [0.29, 0.717) is 0 Å². The molecule has 0 spiro atoms. The summed E-state index contributed by atoms with van der Waals surface area (Å²) in [5.74, 6) is 0. The summed E-state index contributed by atoms with van der Waals surface area (Å²) >= 11 is 0. The summed E-state index contributed by atoms with van der Waals surface area (Å²) in [5.41, 5.74) is 1.73. The molecule has 1 heterocycles. The molecular weight excluding hydrogens is 214 g/mol. The van der Waals surface area contributed by atoms with Crippen LogP contribution < -0.4 is 5.32 Å². The Balaban J connectivity index is 2.24. The number of hydrogen-bond donors (Lipinski definition) is 2. The molecule has 0 aliphatic carbocycles. The lowest BCUT2D eigenvalue weighted by Gasteiger charge is -2.22. The summed E-state index contributed by atoms with van der Waals surface area (Å²) in [6.45, 7) is 2.12. The fraction of sp³-hybridized carbons (Fsp3) is 0.429. The van der Waals surface area contributed by atoms with Gasteiger partial charge in [0.15, 0.2) is 0 Å². The number of aliphatic hydroxyl groups excluding tert-OH is 1. The molecule has 0 aliphatic heterocycles. The zero-order valence-corrected chi connectivity index (χ0v) is 10.3. The first-order valence-electron chi connectivity index (χ1n) is 6.08.